The van der Waals surface area contributed by atoms with Crippen LogP contribution in [-0.4, -0.2) is 27.6 Å². The highest BCUT2D eigenvalue weighted by Gasteiger charge is 2.20. The third-order valence-electron chi connectivity index (χ3n) is 1.62. The molecule has 0 saturated heterocycles. The second kappa shape index (κ2) is 6.51. The van der Waals surface area contributed by atoms with E-state index in [1.807, 2.05) is 6.92 Å². The van der Waals surface area contributed by atoms with Crippen molar-refractivity contribution < 1.29 is 24.0 Å². The van der Waals surface area contributed by atoms with E-state index in [1.165, 1.54) is 0 Å². The zero-order chi connectivity index (χ0) is 10.3. The van der Waals surface area contributed by atoms with Crippen LogP contribution >= 0.6 is 7.82 Å². The molecular weight excluding hydrogens is 195 g/mol. The summed E-state index contributed by atoms with van der Waals surface area (Å²) < 4.78 is 14.7. The second-order valence-electron chi connectivity index (χ2n) is 2.90. The quantitative estimate of drug-likeness (QED) is 0.433. The maximum Gasteiger partial charge on any atom is 0.469 e. The number of hydrogen-bond donors (Lipinski definition) is 3. The molecule has 13 heavy (non-hydrogen) atoms. The molecule has 0 aliphatic rings. The van der Waals surface area contributed by atoms with Gasteiger partial charge in [0.05, 0.1) is 12.7 Å². The Balaban J connectivity index is 3.70. The number of rotatable bonds is 7. The zero-order valence-corrected chi connectivity index (χ0v) is 8.61. The van der Waals surface area contributed by atoms with Gasteiger partial charge in [-0.1, -0.05) is 26.2 Å². The number of unbranched alkanes of at least 4 members (excludes halogenated alkanes) is 2. The van der Waals surface area contributed by atoms with E-state index >= 15 is 0 Å². The van der Waals surface area contributed by atoms with Crippen LogP contribution in [-0.2, 0) is 9.09 Å². The fraction of sp³-hybridized carbons (Fsp3) is 1.00. The smallest absolute Gasteiger partial charge is 0.394 e. The molecule has 0 aliphatic carbocycles. The Labute approximate surface area is 78.0 Å². The Morgan fingerprint density at radius 1 is 1.38 bits per heavy atom. The van der Waals surface area contributed by atoms with Crippen LogP contribution in [0.5, 0.6) is 0 Å². The molecular formula is C7H17O5P. The molecule has 0 saturated carbocycles. The highest BCUT2D eigenvalue weighted by Crippen LogP contribution is 2.38. The van der Waals surface area contributed by atoms with E-state index in [-0.39, 0.29) is 6.61 Å². The van der Waals surface area contributed by atoms with E-state index in [9.17, 15) is 4.57 Å². The van der Waals surface area contributed by atoms with Crippen molar-refractivity contribution in [1.82, 2.24) is 0 Å². The van der Waals surface area contributed by atoms with Crippen molar-refractivity contribution in [3.05, 3.63) is 0 Å². The van der Waals surface area contributed by atoms with E-state index < -0.39 is 13.9 Å². The van der Waals surface area contributed by atoms with Gasteiger partial charge in [-0.05, 0) is 6.42 Å². The minimum atomic E-state index is -4.45. The van der Waals surface area contributed by atoms with Crippen LogP contribution in [0.25, 0.3) is 0 Å². The summed E-state index contributed by atoms with van der Waals surface area (Å²) in [6.07, 6.45) is 2.54. The summed E-state index contributed by atoms with van der Waals surface area (Å²) in [5.41, 5.74) is 0. The highest BCUT2D eigenvalue weighted by molar-refractivity contribution is 7.46. The number of hydrogen-bond acceptors (Lipinski definition) is 3. The lowest BCUT2D eigenvalue weighted by Gasteiger charge is -2.15. The number of aliphatic hydroxyl groups excluding tert-OH is 1. The molecule has 0 aromatic carbocycles. The molecule has 0 aromatic heterocycles. The molecule has 0 aliphatic heterocycles. The van der Waals surface area contributed by atoms with E-state index in [2.05, 4.69) is 4.52 Å². The Hall–Kier alpha value is 0.0700. The first-order chi connectivity index (χ1) is 5.99. The summed E-state index contributed by atoms with van der Waals surface area (Å²) in [5, 5.41) is 8.72. The topological polar surface area (TPSA) is 87.0 Å². The van der Waals surface area contributed by atoms with Crippen molar-refractivity contribution in [2.45, 2.75) is 38.7 Å². The first-order valence-electron chi connectivity index (χ1n) is 4.34. The molecule has 0 fully saturated rings. The summed E-state index contributed by atoms with van der Waals surface area (Å²) in [7, 11) is -4.45. The largest absolute Gasteiger partial charge is 0.469 e. The monoisotopic (exact) mass is 212 g/mol. The van der Waals surface area contributed by atoms with Crippen molar-refractivity contribution >= 4 is 7.82 Å². The molecule has 6 heteroatoms. The number of phosphoric acid groups is 1. The molecule has 3 N–H and O–H groups in total. The Bertz CT molecular complexity index is 166. The van der Waals surface area contributed by atoms with Gasteiger partial charge in [-0.15, -0.1) is 0 Å². The molecule has 0 spiro atoms. The van der Waals surface area contributed by atoms with Gasteiger partial charge in [0.2, 0.25) is 0 Å². The highest BCUT2D eigenvalue weighted by atomic mass is 31.2. The predicted octanol–water partition coefficient (Wildman–Crippen LogP) is 1.04. The van der Waals surface area contributed by atoms with Crippen molar-refractivity contribution in [2.24, 2.45) is 0 Å². The maximum absolute atomic E-state index is 10.4. The van der Waals surface area contributed by atoms with Crippen molar-refractivity contribution in [3.63, 3.8) is 0 Å². The number of phosphoric ester groups is 1. The van der Waals surface area contributed by atoms with Crippen LogP contribution in [0.3, 0.4) is 0 Å². The minimum absolute atomic E-state index is 0.352. The first kappa shape index (κ1) is 13.1. The molecule has 5 nitrogen and oxygen atoms in total. The van der Waals surface area contributed by atoms with E-state index in [4.69, 9.17) is 14.9 Å². The molecule has 0 rings (SSSR count). The van der Waals surface area contributed by atoms with Crippen LogP contribution < -0.4 is 0 Å². The van der Waals surface area contributed by atoms with Crippen molar-refractivity contribution in [1.29, 1.82) is 0 Å². The van der Waals surface area contributed by atoms with Gasteiger partial charge >= 0.3 is 7.82 Å². The molecule has 0 amide bonds. The van der Waals surface area contributed by atoms with Gasteiger partial charge in [0.15, 0.2) is 0 Å². The van der Waals surface area contributed by atoms with Gasteiger partial charge in [-0.25, -0.2) is 4.57 Å². The molecule has 80 valence electrons. The molecule has 0 heterocycles. The molecule has 1 atom stereocenters. The zero-order valence-electron chi connectivity index (χ0n) is 7.72. The van der Waals surface area contributed by atoms with Crippen molar-refractivity contribution in [3.8, 4) is 0 Å². The van der Waals surface area contributed by atoms with Crippen LogP contribution in [0.2, 0.25) is 0 Å². The molecule has 0 radical (unpaired) electrons. The molecule has 1 unspecified atom stereocenters. The van der Waals surface area contributed by atoms with E-state index in [0.29, 0.717) is 6.42 Å². The SMILES string of the molecule is CCCCCC(CO)OP(=O)(O)O. The average Bonchev–Trinajstić information content (AvgIpc) is 2.01. The summed E-state index contributed by atoms with van der Waals surface area (Å²) >= 11 is 0. The molecule has 0 bridgehead atoms. The third kappa shape index (κ3) is 8.40. The van der Waals surface area contributed by atoms with Gasteiger partial charge in [0, 0.05) is 0 Å². The van der Waals surface area contributed by atoms with Gasteiger partial charge in [0.1, 0.15) is 0 Å². The van der Waals surface area contributed by atoms with Crippen LogP contribution in [0.15, 0.2) is 0 Å². The lowest BCUT2D eigenvalue weighted by molar-refractivity contribution is 0.0730. The lowest BCUT2D eigenvalue weighted by Crippen LogP contribution is -2.16. The van der Waals surface area contributed by atoms with Crippen LogP contribution in [0.4, 0.5) is 0 Å². The van der Waals surface area contributed by atoms with Gasteiger partial charge < -0.3 is 14.9 Å². The van der Waals surface area contributed by atoms with E-state index in [0.717, 1.165) is 19.3 Å². The summed E-state index contributed by atoms with van der Waals surface area (Å²) in [6.45, 7) is 1.67. The fourth-order valence-corrected chi connectivity index (χ4v) is 1.55. The lowest BCUT2D eigenvalue weighted by atomic mass is 10.1. The maximum atomic E-state index is 10.4. The Morgan fingerprint density at radius 2 is 2.00 bits per heavy atom. The van der Waals surface area contributed by atoms with E-state index in [1.54, 1.807) is 0 Å². The standard InChI is InChI=1S/C7H17O5P/c1-2-3-4-5-7(6-8)12-13(9,10)11/h7-8H,2-6H2,1H3,(H2,9,10,11). The third-order valence-corrected chi connectivity index (χ3v) is 2.19. The summed E-state index contributed by atoms with van der Waals surface area (Å²) in [5.74, 6) is 0. The Kier molecular flexibility index (Phi) is 6.55. The first-order valence-corrected chi connectivity index (χ1v) is 5.87. The second-order valence-corrected chi connectivity index (χ2v) is 4.09. The minimum Gasteiger partial charge on any atom is -0.394 e. The van der Waals surface area contributed by atoms with Gasteiger partial charge in [0.25, 0.3) is 0 Å². The van der Waals surface area contributed by atoms with Gasteiger partial charge in [-0.2, -0.15) is 0 Å². The van der Waals surface area contributed by atoms with Crippen LogP contribution in [0, 0.1) is 0 Å². The summed E-state index contributed by atoms with van der Waals surface area (Å²) in [6, 6.07) is 0. The fourth-order valence-electron chi connectivity index (χ4n) is 0.994. The predicted molar refractivity (Wildman–Crippen MR) is 48.1 cm³/mol. The summed E-state index contributed by atoms with van der Waals surface area (Å²) in [4.78, 5) is 16.9. The van der Waals surface area contributed by atoms with Crippen LogP contribution in [0.1, 0.15) is 32.6 Å². The molecule has 0 aromatic rings. The average molecular weight is 212 g/mol. The van der Waals surface area contributed by atoms with Crippen molar-refractivity contribution in [2.75, 3.05) is 6.61 Å². The number of aliphatic hydroxyl groups is 1. The van der Waals surface area contributed by atoms with Gasteiger partial charge in [-0.3, -0.25) is 4.52 Å². The normalized spacial score (nSPS) is 14.5. The Morgan fingerprint density at radius 3 is 2.38 bits per heavy atom.